The fourth-order valence-electron chi connectivity index (χ4n) is 2.77. The van der Waals surface area contributed by atoms with E-state index in [9.17, 15) is 4.79 Å². The molecule has 3 rings (SSSR count). The molecule has 5 heteroatoms. The Hall–Kier alpha value is -3.60. The Labute approximate surface area is 177 Å². The van der Waals surface area contributed by atoms with Crippen molar-refractivity contribution in [1.82, 2.24) is 5.43 Å². The summed E-state index contributed by atoms with van der Waals surface area (Å²) in [7, 11) is 0. The molecule has 0 aromatic heterocycles. The van der Waals surface area contributed by atoms with Gasteiger partial charge in [-0.3, -0.25) is 4.79 Å². The maximum atomic E-state index is 12.1. The normalized spacial score (nSPS) is 10.9. The molecular weight excluding hydrogens is 376 g/mol. The topological polar surface area (TPSA) is 59.9 Å². The molecule has 1 amide bonds. The lowest BCUT2D eigenvalue weighted by atomic mass is 10.0. The second kappa shape index (κ2) is 10.3. The zero-order valence-corrected chi connectivity index (χ0v) is 17.5. The van der Waals surface area contributed by atoms with Crippen LogP contribution in [0.3, 0.4) is 0 Å². The van der Waals surface area contributed by atoms with E-state index in [2.05, 4.69) is 30.4 Å². The third kappa shape index (κ3) is 6.21. The average molecular weight is 402 g/mol. The third-order valence-corrected chi connectivity index (χ3v) is 4.48. The molecule has 30 heavy (non-hydrogen) atoms. The molecule has 5 nitrogen and oxygen atoms in total. The van der Waals surface area contributed by atoms with Crippen molar-refractivity contribution in [3.8, 4) is 17.2 Å². The molecule has 0 bridgehead atoms. The number of hydrazone groups is 1. The number of aryl methyl sites for hydroxylation is 1. The number of nitrogens with one attached hydrogen (secondary N) is 1. The van der Waals surface area contributed by atoms with E-state index < -0.39 is 0 Å². The Morgan fingerprint density at radius 1 is 1.00 bits per heavy atom. The van der Waals surface area contributed by atoms with Crippen LogP contribution < -0.4 is 14.9 Å². The number of hydrogen-bond acceptors (Lipinski definition) is 4. The number of carbonyl (C=O) groups excluding carboxylic acids is 1. The largest absolute Gasteiger partial charge is 0.483 e. The Kier molecular flexibility index (Phi) is 7.22. The Balaban J connectivity index is 1.52. The molecular formula is C25H26N2O3. The van der Waals surface area contributed by atoms with Crippen LogP contribution in [-0.2, 0) is 4.79 Å². The van der Waals surface area contributed by atoms with Crippen molar-refractivity contribution in [3.63, 3.8) is 0 Å². The Bertz CT molecular complexity index is 1010. The lowest BCUT2D eigenvalue weighted by Crippen LogP contribution is -2.24. The molecule has 0 atom stereocenters. The molecule has 0 saturated heterocycles. The quantitative estimate of drug-likeness (QED) is 0.403. The molecule has 3 aromatic carbocycles. The Morgan fingerprint density at radius 2 is 1.77 bits per heavy atom. The molecule has 0 heterocycles. The van der Waals surface area contributed by atoms with Crippen LogP contribution in [0.1, 0.15) is 36.5 Å². The summed E-state index contributed by atoms with van der Waals surface area (Å²) in [4.78, 5) is 12.1. The van der Waals surface area contributed by atoms with Crippen LogP contribution in [0, 0.1) is 6.92 Å². The van der Waals surface area contributed by atoms with Crippen molar-refractivity contribution in [2.24, 2.45) is 5.10 Å². The minimum atomic E-state index is -0.322. The van der Waals surface area contributed by atoms with Crippen molar-refractivity contribution < 1.29 is 14.3 Å². The second-order valence-electron chi connectivity index (χ2n) is 7.25. The molecule has 0 aliphatic rings. The number of carbonyl (C=O) groups is 1. The first kappa shape index (κ1) is 21.1. The predicted octanol–water partition coefficient (Wildman–Crippen LogP) is 5.44. The zero-order chi connectivity index (χ0) is 21.3. The molecule has 0 radical (unpaired) electrons. The highest BCUT2D eigenvalue weighted by molar-refractivity contribution is 5.83. The van der Waals surface area contributed by atoms with Crippen LogP contribution in [-0.4, -0.2) is 18.7 Å². The molecule has 0 aliphatic heterocycles. The number of ether oxygens (including phenoxy) is 2. The molecule has 0 spiro atoms. The number of hydrogen-bond donors (Lipinski definition) is 1. The summed E-state index contributed by atoms with van der Waals surface area (Å²) in [6, 6.07) is 23.1. The van der Waals surface area contributed by atoms with Gasteiger partial charge in [-0.05, 0) is 59.9 Å². The highest BCUT2D eigenvalue weighted by Crippen LogP contribution is 2.24. The van der Waals surface area contributed by atoms with E-state index in [1.807, 2.05) is 73.7 Å². The van der Waals surface area contributed by atoms with Gasteiger partial charge in [0, 0.05) is 0 Å². The van der Waals surface area contributed by atoms with Crippen LogP contribution in [0.5, 0.6) is 17.2 Å². The van der Waals surface area contributed by atoms with Crippen LogP contribution >= 0.6 is 0 Å². The van der Waals surface area contributed by atoms with E-state index >= 15 is 0 Å². The van der Waals surface area contributed by atoms with Crippen molar-refractivity contribution in [1.29, 1.82) is 0 Å². The lowest BCUT2D eigenvalue weighted by Gasteiger charge is -2.12. The first-order valence-corrected chi connectivity index (χ1v) is 9.89. The van der Waals surface area contributed by atoms with Gasteiger partial charge in [0.05, 0.1) is 6.21 Å². The van der Waals surface area contributed by atoms with Gasteiger partial charge >= 0.3 is 0 Å². The summed E-state index contributed by atoms with van der Waals surface area (Å²) >= 11 is 0. The van der Waals surface area contributed by atoms with Gasteiger partial charge in [-0.2, -0.15) is 5.10 Å². The van der Waals surface area contributed by atoms with Gasteiger partial charge in [0.15, 0.2) is 6.61 Å². The summed E-state index contributed by atoms with van der Waals surface area (Å²) in [6.45, 7) is 6.10. The summed E-state index contributed by atoms with van der Waals surface area (Å²) < 4.78 is 11.5. The second-order valence-corrected chi connectivity index (χ2v) is 7.25. The highest BCUT2D eigenvalue weighted by atomic mass is 16.5. The van der Waals surface area contributed by atoms with Crippen molar-refractivity contribution in [2.45, 2.75) is 26.7 Å². The van der Waals surface area contributed by atoms with Gasteiger partial charge in [0.2, 0.25) is 0 Å². The van der Waals surface area contributed by atoms with E-state index in [4.69, 9.17) is 9.47 Å². The molecule has 1 N–H and O–H groups in total. The molecule has 0 saturated carbocycles. The number of amides is 1. The maximum Gasteiger partial charge on any atom is 0.277 e. The summed E-state index contributed by atoms with van der Waals surface area (Å²) in [6.07, 6.45) is 1.57. The maximum absolute atomic E-state index is 12.1. The van der Waals surface area contributed by atoms with E-state index in [1.54, 1.807) is 6.21 Å². The molecule has 0 unspecified atom stereocenters. The van der Waals surface area contributed by atoms with Gasteiger partial charge in [0.25, 0.3) is 5.91 Å². The summed E-state index contributed by atoms with van der Waals surface area (Å²) in [5, 5.41) is 4.01. The fourth-order valence-corrected chi connectivity index (χ4v) is 2.77. The van der Waals surface area contributed by atoms with Gasteiger partial charge in [-0.25, -0.2) is 5.43 Å². The van der Waals surface area contributed by atoms with Gasteiger partial charge in [0.1, 0.15) is 17.2 Å². The van der Waals surface area contributed by atoms with Crippen molar-refractivity contribution >= 4 is 12.1 Å². The van der Waals surface area contributed by atoms with Crippen molar-refractivity contribution in [3.05, 3.63) is 89.5 Å². The van der Waals surface area contributed by atoms with E-state index in [0.717, 1.165) is 16.9 Å². The lowest BCUT2D eigenvalue weighted by molar-refractivity contribution is -0.123. The zero-order valence-electron chi connectivity index (χ0n) is 17.5. The van der Waals surface area contributed by atoms with Crippen LogP contribution in [0.2, 0.25) is 0 Å². The number of nitrogens with zero attached hydrogens (tertiary/aromatic N) is 1. The van der Waals surface area contributed by atoms with Crippen LogP contribution in [0.4, 0.5) is 0 Å². The number of benzene rings is 3. The molecule has 3 aromatic rings. The minimum absolute atomic E-state index is 0.100. The Morgan fingerprint density at radius 3 is 2.53 bits per heavy atom. The van der Waals surface area contributed by atoms with Gasteiger partial charge in [-0.15, -0.1) is 0 Å². The monoisotopic (exact) mass is 402 g/mol. The summed E-state index contributed by atoms with van der Waals surface area (Å²) in [5.74, 6) is 2.24. The first-order chi connectivity index (χ1) is 14.5. The van der Waals surface area contributed by atoms with Crippen LogP contribution in [0.15, 0.2) is 77.9 Å². The molecule has 0 aliphatic carbocycles. The van der Waals surface area contributed by atoms with Crippen LogP contribution in [0.25, 0.3) is 0 Å². The standard InChI is InChI=1S/C25H26N2O3/c1-18(2)21-13-12-19(3)24(15-21)29-17-25(28)27-26-16-20-8-7-11-23(14-20)30-22-9-5-4-6-10-22/h4-16,18H,17H2,1-3H3,(H,27,28)/b26-16+. The predicted molar refractivity (Wildman–Crippen MR) is 119 cm³/mol. The third-order valence-electron chi connectivity index (χ3n) is 4.48. The van der Waals surface area contributed by atoms with E-state index in [0.29, 0.717) is 17.4 Å². The van der Waals surface area contributed by atoms with Gasteiger partial charge in [-0.1, -0.05) is 56.3 Å². The SMILES string of the molecule is Cc1ccc(C(C)C)cc1OCC(=O)N/N=C/c1cccc(Oc2ccccc2)c1. The molecule has 154 valence electrons. The smallest absolute Gasteiger partial charge is 0.277 e. The fraction of sp³-hybridized carbons (Fsp3) is 0.200. The van der Waals surface area contributed by atoms with E-state index in [-0.39, 0.29) is 12.5 Å². The van der Waals surface area contributed by atoms with E-state index in [1.165, 1.54) is 5.56 Å². The first-order valence-electron chi connectivity index (χ1n) is 9.89. The van der Waals surface area contributed by atoms with Gasteiger partial charge < -0.3 is 9.47 Å². The number of para-hydroxylation sites is 1. The minimum Gasteiger partial charge on any atom is -0.483 e. The average Bonchev–Trinajstić information content (AvgIpc) is 2.74. The van der Waals surface area contributed by atoms with Crippen molar-refractivity contribution in [2.75, 3.05) is 6.61 Å². The molecule has 0 fully saturated rings. The highest BCUT2D eigenvalue weighted by Gasteiger charge is 2.07. The number of rotatable bonds is 8. The summed E-state index contributed by atoms with van der Waals surface area (Å²) in [5.41, 5.74) is 5.47.